The lowest BCUT2D eigenvalue weighted by Crippen LogP contribution is -2.18. The minimum Gasteiger partial charge on any atom is -0.369 e. The van der Waals surface area contributed by atoms with Crippen LogP contribution in [0.1, 0.15) is 12.5 Å². The normalized spacial score (nSPS) is 24.5. The minimum absolute atomic E-state index is 0.0694. The van der Waals surface area contributed by atoms with Gasteiger partial charge in [-0.15, -0.1) is 0 Å². The lowest BCUT2D eigenvalue weighted by Gasteiger charge is -1.92. The second-order valence-electron chi connectivity index (χ2n) is 3.60. The van der Waals surface area contributed by atoms with E-state index in [-0.39, 0.29) is 5.60 Å². The van der Waals surface area contributed by atoms with E-state index in [1.165, 1.54) is 5.56 Å². The fourth-order valence-electron chi connectivity index (χ4n) is 0.775. The molecule has 1 aromatic carbocycles. The predicted octanol–water partition coefficient (Wildman–Crippen LogP) is 1.73. The maximum Gasteiger partial charge on any atom is 0.101 e. The third-order valence-electron chi connectivity index (χ3n) is 2.01. The molecule has 2 nitrogen and oxygen atoms in total. The Morgan fingerprint density at radius 3 is 2.08 bits per heavy atom. The van der Waals surface area contributed by atoms with Gasteiger partial charge in [-0.1, -0.05) is 35.9 Å². The molecule has 1 heterocycles. The Morgan fingerprint density at radius 2 is 1.92 bits per heavy atom. The first kappa shape index (κ1) is 10.2. The van der Waals surface area contributed by atoms with Crippen LogP contribution in [0.25, 0.3) is 0 Å². The van der Waals surface area contributed by atoms with Gasteiger partial charge in [-0.3, -0.25) is 0 Å². The van der Waals surface area contributed by atoms with Gasteiger partial charge in [0.15, 0.2) is 0 Å². The number of benzene rings is 1. The van der Waals surface area contributed by atoms with Gasteiger partial charge in [-0.25, -0.2) is 0 Å². The van der Waals surface area contributed by atoms with Crippen molar-refractivity contribution in [2.24, 2.45) is 5.73 Å². The van der Waals surface area contributed by atoms with Crippen LogP contribution in [0.5, 0.6) is 0 Å². The number of hydrogen-bond acceptors (Lipinski definition) is 2. The smallest absolute Gasteiger partial charge is 0.101 e. The van der Waals surface area contributed by atoms with Crippen molar-refractivity contribution in [2.75, 3.05) is 13.2 Å². The van der Waals surface area contributed by atoms with Crippen molar-refractivity contribution in [2.45, 2.75) is 19.4 Å². The van der Waals surface area contributed by atoms with Crippen LogP contribution in [0.2, 0.25) is 0 Å². The molecule has 0 spiro atoms. The van der Waals surface area contributed by atoms with Crippen molar-refractivity contribution in [1.82, 2.24) is 0 Å². The lowest BCUT2D eigenvalue weighted by molar-refractivity contribution is 0.330. The van der Waals surface area contributed by atoms with Gasteiger partial charge in [0.25, 0.3) is 0 Å². The van der Waals surface area contributed by atoms with Crippen LogP contribution >= 0.6 is 0 Å². The van der Waals surface area contributed by atoms with E-state index in [9.17, 15) is 0 Å². The fourth-order valence-corrected chi connectivity index (χ4v) is 0.775. The minimum atomic E-state index is 0.0694. The highest BCUT2D eigenvalue weighted by molar-refractivity contribution is 5.11. The van der Waals surface area contributed by atoms with E-state index in [1.54, 1.807) is 0 Å². The van der Waals surface area contributed by atoms with Gasteiger partial charge < -0.3 is 10.5 Å². The lowest BCUT2D eigenvalue weighted by atomic mass is 10.2. The average molecular weight is 179 g/mol. The maximum atomic E-state index is 5.24. The van der Waals surface area contributed by atoms with Crippen molar-refractivity contribution < 1.29 is 4.74 Å². The zero-order chi connectivity index (χ0) is 9.73. The summed E-state index contributed by atoms with van der Waals surface area (Å²) < 4.78 is 4.92. The Hall–Kier alpha value is -0.860. The quantitative estimate of drug-likeness (QED) is 0.667. The molecule has 13 heavy (non-hydrogen) atoms. The topological polar surface area (TPSA) is 38.5 Å². The van der Waals surface area contributed by atoms with E-state index < -0.39 is 0 Å². The van der Waals surface area contributed by atoms with Gasteiger partial charge in [0.1, 0.15) is 5.60 Å². The highest BCUT2D eigenvalue weighted by atomic mass is 16.6. The van der Waals surface area contributed by atoms with Crippen molar-refractivity contribution in [3.63, 3.8) is 0 Å². The Labute approximate surface area is 79.7 Å². The van der Waals surface area contributed by atoms with Gasteiger partial charge in [-0.05, 0) is 13.8 Å². The van der Waals surface area contributed by atoms with E-state index in [0.29, 0.717) is 6.54 Å². The van der Waals surface area contributed by atoms with E-state index >= 15 is 0 Å². The van der Waals surface area contributed by atoms with E-state index in [4.69, 9.17) is 10.5 Å². The summed E-state index contributed by atoms with van der Waals surface area (Å²) >= 11 is 0. The third kappa shape index (κ3) is 4.06. The second-order valence-corrected chi connectivity index (χ2v) is 3.60. The Balaban J connectivity index is 0.000000132. The first-order chi connectivity index (χ1) is 6.16. The highest BCUT2D eigenvalue weighted by Crippen LogP contribution is 2.22. The Kier molecular flexibility index (Phi) is 3.46. The summed E-state index contributed by atoms with van der Waals surface area (Å²) in [7, 11) is 0. The van der Waals surface area contributed by atoms with Crippen molar-refractivity contribution in [3.8, 4) is 0 Å². The van der Waals surface area contributed by atoms with Crippen LogP contribution in [0.4, 0.5) is 0 Å². The SMILES string of the molecule is CC1(CN)CO1.Cc1ccccc1. The number of hydrogen-bond donors (Lipinski definition) is 1. The van der Waals surface area contributed by atoms with E-state index in [2.05, 4.69) is 19.1 Å². The van der Waals surface area contributed by atoms with Gasteiger partial charge in [-0.2, -0.15) is 0 Å². The number of aryl methyl sites for hydroxylation is 1. The maximum absolute atomic E-state index is 5.24. The molecule has 2 N–H and O–H groups in total. The second kappa shape index (κ2) is 4.40. The number of epoxide rings is 1. The molecular weight excluding hydrogens is 162 g/mol. The summed E-state index contributed by atoms with van der Waals surface area (Å²) in [6.45, 7) is 5.60. The van der Waals surface area contributed by atoms with Gasteiger partial charge in [0.05, 0.1) is 6.61 Å². The molecule has 1 fully saturated rings. The molecule has 1 aromatic rings. The van der Waals surface area contributed by atoms with Gasteiger partial charge >= 0.3 is 0 Å². The van der Waals surface area contributed by atoms with Crippen molar-refractivity contribution in [1.29, 1.82) is 0 Å². The third-order valence-corrected chi connectivity index (χ3v) is 2.01. The predicted molar refractivity (Wildman–Crippen MR) is 54.6 cm³/mol. The highest BCUT2D eigenvalue weighted by Gasteiger charge is 2.37. The number of ether oxygens (including phenoxy) is 1. The molecule has 0 aromatic heterocycles. The average Bonchev–Trinajstić information content (AvgIpc) is 2.87. The summed E-state index contributed by atoms with van der Waals surface area (Å²) in [6, 6.07) is 10.3. The molecule has 0 radical (unpaired) electrons. The largest absolute Gasteiger partial charge is 0.369 e. The van der Waals surface area contributed by atoms with Crippen LogP contribution in [0.15, 0.2) is 30.3 Å². The standard InChI is InChI=1S/C7H8.C4H9NO/c1-7-5-3-2-4-6-7;1-4(2-5)3-6-4/h2-6H,1H3;2-3,5H2,1H3. The zero-order valence-electron chi connectivity index (χ0n) is 8.29. The van der Waals surface area contributed by atoms with Crippen LogP contribution < -0.4 is 5.73 Å². The molecule has 72 valence electrons. The molecule has 0 aliphatic carbocycles. The zero-order valence-corrected chi connectivity index (χ0v) is 8.29. The molecular formula is C11H17NO. The molecule has 1 atom stereocenters. The van der Waals surface area contributed by atoms with Gasteiger partial charge in [0, 0.05) is 6.54 Å². The first-order valence-corrected chi connectivity index (χ1v) is 4.52. The van der Waals surface area contributed by atoms with Crippen molar-refractivity contribution >= 4 is 0 Å². The summed E-state index contributed by atoms with van der Waals surface area (Å²) in [5.41, 5.74) is 6.63. The van der Waals surface area contributed by atoms with Crippen LogP contribution in [0.3, 0.4) is 0 Å². The summed E-state index contributed by atoms with van der Waals surface area (Å²) in [5, 5.41) is 0. The molecule has 1 aliphatic heterocycles. The first-order valence-electron chi connectivity index (χ1n) is 4.52. The van der Waals surface area contributed by atoms with E-state index in [1.807, 2.05) is 25.1 Å². The molecule has 0 saturated carbocycles. The number of rotatable bonds is 1. The molecule has 1 aliphatic rings. The molecule has 1 unspecified atom stereocenters. The molecule has 0 amide bonds. The molecule has 2 rings (SSSR count). The van der Waals surface area contributed by atoms with Crippen LogP contribution in [0, 0.1) is 6.92 Å². The summed E-state index contributed by atoms with van der Waals surface area (Å²) in [6.07, 6.45) is 0. The fraction of sp³-hybridized carbons (Fsp3) is 0.455. The monoisotopic (exact) mass is 179 g/mol. The Bertz CT molecular complexity index is 242. The van der Waals surface area contributed by atoms with Gasteiger partial charge in [0.2, 0.25) is 0 Å². The van der Waals surface area contributed by atoms with Crippen LogP contribution in [-0.4, -0.2) is 18.8 Å². The Morgan fingerprint density at radius 1 is 1.38 bits per heavy atom. The summed E-state index contributed by atoms with van der Waals surface area (Å²) in [4.78, 5) is 0. The number of nitrogens with two attached hydrogens (primary N) is 1. The summed E-state index contributed by atoms with van der Waals surface area (Å²) in [5.74, 6) is 0. The molecule has 2 heteroatoms. The molecule has 0 bridgehead atoms. The van der Waals surface area contributed by atoms with E-state index in [0.717, 1.165) is 6.61 Å². The van der Waals surface area contributed by atoms with Crippen LogP contribution in [-0.2, 0) is 4.74 Å². The van der Waals surface area contributed by atoms with Crippen molar-refractivity contribution in [3.05, 3.63) is 35.9 Å². The molecule has 1 saturated heterocycles.